The minimum absolute atomic E-state index is 0.178. The number of hydrogen-bond acceptors (Lipinski definition) is 3. The Labute approximate surface area is 126 Å². The van der Waals surface area contributed by atoms with Gasteiger partial charge in [-0.05, 0) is 19.1 Å². The number of halogens is 3. The Balaban J connectivity index is 0.000000220. The number of alkyl halides is 3. The predicted octanol–water partition coefficient (Wildman–Crippen LogP) is 1.77. The van der Waals surface area contributed by atoms with Gasteiger partial charge in [0.25, 0.3) is 0 Å². The summed E-state index contributed by atoms with van der Waals surface area (Å²) in [6.07, 6.45) is -2.89. The van der Waals surface area contributed by atoms with Gasteiger partial charge in [-0.15, -0.1) is 4.68 Å². The van der Waals surface area contributed by atoms with E-state index in [0.29, 0.717) is 0 Å². The van der Waals surface area contributed by atoms with Crippen LogP contribution in [0.1, 0.15) is 11.3 Å². The Bertz CT molecular complexity index is 735. The topological polar surface area (TPSA) is 66.0 Å². The van der Waals surface area contributed by atoms with Crippen molar-refractivity contribution in [1.29, 1.82) is 0 Å². The maximum atomic E-state index is 12.0. The van der Waals surface area contributed by atoms with Crippen molar-refractivity contribution in [2.75, 3.05) is 0 Å². The maximum absolute atomic E-state index is 12.0. The lowest BCUT2D eigenvalue weighted by Gasteiger charge is -2.05. The summed E-state index contributed by atoms with van der Waals surface area (Å²) in [5, 5.41) is 0. The zero-order valence-corrected chi connectivity index (χ0v) is 12.9. The minimum Gasteiger partial charge on any atom is -0.744 e. The van der Waals surface area contributed by atoms with Crippen LogP contribution in [-0.4, -0.2) is 17.7 Å². The summed E-state index contributed by atoms with van der Waals surface area (Å²) in [4.78, 5) is -0.178. The minimum atomic E-state index is -4.27. The highest BCUT2D eigenvalue weighted by Crippen LogP contribution is 2.25. The van der Waals surface area contributed by atoms with Crippen molar-refractivity contribution in [2.45, 2.75) is 18.0 Å². The molecule has 0 unspecified atom stereocenters. The fourth-order valence-electron chi connectivity index (χ4n) is 1.54. The van der Waals surface area contributed by atoms with E-state index in [4.69, 9.17) is 0 Å². The second kappa shape index (κ2) is 6.49. The summed E-state index contributed by atoms with van der Waals surface area (Å²) < 4.78 is 69.7. The van der Waals surface area contributed by atoms with E-state index in [9.17, 15) is 26.1 Å². The van der Waals surface area contributed by atoms with Crippen LogP contribution in [0.2, 0.25) is 0 Å². The molecule has 0 saturated carbocycles. The normalized spacial score (nSPS) is 11.8. The maximum Gasteiger partial charge on any atom is 0.479 e. The van der Waals surface area contributed by atoms with Crippen molar-refractivity contribution in [3.63, 3.8) is 0 Å². The molecule has 0 atom stereocenters. The Morgan fingerprint density at radius 2 is 1.64 bits per heavy atom. The molecule has 1 aromatic carbocycles. The van der Waals surface area contributed by atoms with E-state index < -0.39 is 22.0 Å². The highest BCUT2D eigenvalue weighted by atomic mass is 32.2. The first-order valence-electron chi connectivity index (χ1n) is 6.04. The molecule has 1 aromatic heterocycles. The quantitative estimate of drug-likeness (QED) is 0.589. The molecular formula is C13H15F3N2O3S. The third-order valence-electron chi connectivity index (χ3n) is 2.87. The van der Waals surface area contributed by atoms with E-state index in [1.54, 1.807) is 19.2 Å². The molecule has 0 bridgehead atoms. The van der Waals surface area contributed by atoms with Crippen LogP contribution < -0.4 is 4.68 Å². The predicted molar refractivity (Wildman–Crippen MR) is 70.7 cm³/mol. The van der Waals surface area contributed by atoms with Crippen molar-refractivity contribution in [3.8, 4) is 0 Å². The van der Waals surface area contributed by atoms with Crippen LogP contribution in [0.3, 0.4) is 0 Å². The third-order valence-corrected chi connectivity index (χ3v) is 3.72. The van der Waals surface area contributed by atoms with Crippen LogP contribution in [0.15, 0.2) is 41.4 Å². The first kappa shape index (κ1) is 18.2. The van der Waals surface area contributed by atoms with E-state index in [1.165, 1.54) is 30.1 Å². The monoisotopic (exact) mass is 336 g/mol. The van der Waals surface area contributed by atoms with Crippen LogP contribution in [0.5, 0.6) is 0 Å². The molecule has 5 nitrogen and oxygen atoms in total. The molecule has 2 aromatic rings. The first-order chi connectivity index (χ1) is 9.93. The molecule has 1 heterocycles. The average molecular weight is 336 g/mol. The summed E-state index contributed by atoms with van der Waals surface area (Å²) >= 11 is 0. The lowest BCUT2D eigenvalue weighted by Crippen LogP contribution is -2.43. The van der Waals surface area contributed by atoms with Gasteiger partial charge in [0.15, 0.2) is 7.05 Å². The Hall–Kier alpha value is -1.87. The SMILES string of the molecule is Cc1ccc(S(=O)(=O)[O-])cc1.Cn1ccc(C(F)(F)F)[n+]1C. The Kier molecular flexibility index (Phi) is 5.36. The molecule has 0 N–H and O–H groups in total. The van der Waals surface area contributed by atoms with Crippen molar-refractivity contribution in [3.05, 3.63) is 47.8 Å². The zero-order chi connectivity index (χ0) is 17.1. The highest BCUT2D eigenvalue weighted by Gasteiger charge is 2.41. The molecule has 0 radical (unpaired) electrons. The first-order valence-corrected chi connectivity index (χ1v) is 7.45. The molecule has 0 amide bonds. The molecule has 0 aliphatic carbocycles. The van der Waals surface area contributed by atoms with Gasteiger partial charge in [0.05, 0.1) is 18.1 Å². The van der Waals surface area contributed by atoms with Crippen LogP contribution >= 0.6 is 0 Å². The number of rotatable bonds is 1. The molecule has 122 valence electrons. The standard InChI is InChI=1S/C7H8O3S.C6H8F3N2/c1-6-2-4-7(5-3-6)11(8,9)10;1-10-4-3-5(11(10)2)6(7,8)9/h2-5H,1H3,(H,8,9,10);3-4H,1-2H3/q;+1/p-1. The summed E-state index contributed by atoms with van der Waals surface area (Å²) in [5.41, 5.74) is 0.289. The summed E-state index contributed by atoms with van der Waals surface area (Å²) in [6.45, 7) is 1.82. The lowest BCUT2D eigenvalue weighted by atomic mass is 10.2. The van der Waals surface area contributed by atoms with E-state index in [1.807, 2.05) is 6.92 Å². The third kappa shape index (κ3) is 4.85. The molecule has 9 heteroatoms. The van der Waals surface area contributed by atoms with Crippen LogP contribution in [0.25, 0.3) is 0 Å². The molecule has 22 heavy (non-hydrogen) atoms. The van der Waals surface area contributed by atoms with Gasteiger partial charge in [-0.1, -0.05) is 17.7 Å². The second-order valence-electron chi connectivity index (χ2n) is 4.56. The fourth-order valence-corrected chi connectivity index (χ4v) is 2.01. The van der Waals surface area contributed by atoms with E-state index >= 15 is 0 Å². The molecule has 0 aliphatic heterocycles. The second-order valence-corrected chi connectivity index (χ2v) is 5.94. The molecular weight excluding hydrogens is 321 g/mol. The Morgan fingerprint density at radius 3 is 1.91 bits per heavy atom. The number of hydrogen-bond donors (Lipinski definition) is 0. The number of aryl methyl sites for hydroxylation is 2. The lowest BCUT2D eigenvalue weighted by molar-refractivity contribution is -0.766. The average Bonchev–Trinajstić information content (AvgIpc) is 2.70. The number of aromatic nitrogens is 2. The van der Waals surface area contributed by atoms with Gasteiger partial charge in [-0.25, -0.2) is 8.42 Å². The number of benzene rings is 1. The smallest absolute Gasteiger partial charge is 0.479 e. The molecule has 0 spiro atoms. The molecule has 0 saturated heterocycles. The molecule has 0 fully saturated rings. The number of nitrogens with zero attached hydrogens (tertiary/aromatic N) is 2. The van der Waals surface area contributed by atoms with E-state index in [0.717, 1.165) is 16.3 Å². The van der Waals surface area contributed by atoms with Crippen molar-refractivity contribution < 1.29 is 30.8 Å². The van der Waals surface area contributed by atoms with Crippen LogP contribution in [0, 0.1) is 6.92 Å². The van der Waals surface area contributed by atoms with Gasteiger partial charge in [0, 0.05) is 6.07 Å². The summed E-state index contributed by atoms with van der Waals surface area (Å²) in [5.74, 6) is 0. The van der Waals surface area contributed by atoms with Crippen LogP contribution in [-0.2, 0) is 30.4 Å². The van der Waals surface area contributed by atoms with E-state index in [2.05, 4.69) is 0 Å². The fraction of sp³-hybridized carbons (Fsp3) is 0.308. The van der Waals surface area contributed by atoms with Gasteiger partial charge in [0.2, 0.25) is 0 Å². The van der Waals surface area contributed by atoms with Crippen molar-refractivity contribution >= 4 is 10.1 Å². The van der Waals surface area contributed by atoms with Gasteiger partial charge >= 0.3 is 11.9 Å². The molecule has 0 aliphatic rings. The molecule has 2 rings (SSSR count). The van der Waals surface area contributed by atoms with Crippen molar-refractivity contribution in [1.82, 2.24) is 4.68 Å². The van der Waals surface area contributed by atoms with Gasteiger partial charge in [-0.2, -0.15) is 17.9 Å². The Morgan fingerprint density at radius 1 is 1.14 bits per heavy atom. The summed E-state index contributed by atoms with van der Waals surface area (Å²) in [7, 11) is -1.35. The highest BCUT2D eigenvalue weighted by molar-refractivity contribution is 7.85. The summed E-state index contributed by atoms with van der Waals surface area (Å²) in [6, 6.07) is 6.82. The van der Waals surface area contributed by atoms with Gasteiger partial charge in [-0.3, -0.25) is 0 Å². The largest absolute Gasteiger partial charge is 0.744 e. The van der Waals surface area contributed by atoms with Crippen LogP contribution in [0.4, 0.5) is 13.2 Å². The van der Waals surface area contributed by atoms with Gasteiger partial charge in [0.1, 0.15) is 10.1 Å². The van der Waals surface area contributed by atoms with E-state index in [-0.39, 0.29) is 4.90 Å². The van der Waals surface area contributed by atoms with Crippen molar-refractivity contribution in [2.24, 2.45) is 14.1 Å². The van der Waals surface area contributed by atoms with Gasteiger partial charge < -0.3 is 4.55 Å². The zero-order valence-electron chi connectivity index (χ0n) is 12.1.